The van der Waals surface area contributed by atoms with E-state index < -0.39 is 18.2 Å². The lowest BCUT2D eigenvalue weighted by Crippen LogP contribution is -2.37. The van der Waals surface area contributed by atoms with E-state index in [1.807, 2.05) is 18.2 Å². The van der Waals surface area contributed by atoms with Crippen molar-refractivity contribution < 1.29 is 32.7 Å². The molecule has 0 aliphatic carbocycles. The minimum Gasteiger partial charge on any atom is -0.475 e. The summed E-state index contributed by atoms with van der Waals surface area (Å²) in [6.07, 6.45) is -2.45. The number of nitrogens with two attached hydrogens (primary N) is 1. The number of halogens is 3. The molecule has 1 aromatic heterocycles. The standard InChI is InChI=1S/C14H15N5O2.C2HF3O2/c15-13-10-5-9(1-2-11(10)16-7-17-13)6-19-4-3-12(14(19)21)18-8-20;3-2(4,5)1(6)7/h1-2,5,7-8,12H,3-4,6H2,(H,18,20)(H2,15,16,17);(H,6,7)/t12-;/m0./s1. The maximum atomic E-state index is 12.1. The number of aromatic nitrogens is 2. The van der Waals surface area contributed by atoms with Gasteiger partial charge < -0.3 is 21.1 Å². The van der Waals surface area contributed by atoms with Crippen LogP contribution in [0.5, 0.6) is 0 Å². The average molecular weight is 399 g/mol. The first-order chi connectivity index (χ1) is 13.1. The number of likely N-dealkylation sites (tertiary alicyclic amines) is 1. The maximum absolute atomic E-state index is 12.1. The molecule has 9 nitrogen and oxygen atoms in total. The number of carboxylic acids is 1. The molecular weight excluding hydrogens is 383 g/mol. The lowest BCUT2D eigenvalue weighted by atomic mass is 10.1. The predicted octanol–water partition coefficient (Wildman–Crippen LogP) is 0.692. The number of carbonyl (C=O) groups is 3. The molecule has 3 rings (SSSR count). The van der Waals surface area contributed by atoms with Crippen LogP contribution in [0.2, 0.25) is 0 Å². The molecule has 1 aliphatic heterocycles. The summed E-state index contributed by atoms with van der Waals surface area (Å²) >= 11 is 0. The van der Waals surface area contributed by atoms with Crippen LogP contribution in [0.15, 0.2) is 24.5 Å². The number of amides is 2. The van der Waals surface area contributed by atoms with Crippen molar-refractivity contribution in [3.05, 3.63) is 30.1 Å². The van der Waals surface area contributed by atoms with E-state index in [1.54, 1.807) is 4.90 Å². The Hall–Kier alpha value is -3.44. The molecule has 0 bridgehead atoms. The van der Waals surface area contributed by atoms with Gasteiger partial charge >= 0.3 is 12.1 Å². The number of hydrogen-bond donors (Lipinski definition) is 3. The number of anilines is 1. The largest absolute Gasteiger partial charge is 0.490 e. The number of aliphatic carboxylic acids is 1. The molecule has 1 aromatic carbocycles. The van der Waals surface area contributed by atoms with Crippen molar-refractivity contribution in [3.8, 4) is 0 Å². The van der Waals surface area contributed by atoms with Gasteiger partial charge in [0, 0.05) is 18.5 Å². The highest BCUT2D eigenvalue weighted by molar-refractivity contribution is 5.88. The molecule has 0 unspecified atom stereocenters. The lowest BCUT2D eigenvalue weighted by Gasteiger charge is -2.17. The topological polar surface area (TPSA) is 139 Å². The van der Waals surface area contributed by atoms with Crippen LogP contribution in [0, 0.1) is 0 Å². The third kappa shape index (κ3) is 5.05. The molecule has 2 heterocycles. The molecular formula is C16H16F3N5O4. The number of benzene rings is 1. The Kier molecular flexibility index (Phi) is 6.33. The fraction of sp³-hybridized carbons (Fsp3) is 0.312. The zero-order valence-corrected chi connectivity index (χ0v) is 14.3. The first-order valence-electron chi connectivity index (χ1n) is 7.91. The molecule has 4 N–H and O–H groups in total. The Morgan fingerprint density at radius 2 is 2.07 bits per heavy atom. The van der Waals surface area contributed by atoms with E-state index >= 15 is 0 Å². The molecule has 2 aromatic rings. The summed E-state index contributed by atoms with van der Waals surface area (Å²) in [6.45, 7) is 1.11. The number of hydrogen-bond acceptors (Lipinski definition) is 6. The number of alkyl halides is 3. The average Bonchev–Trinajstić information content (AvgIpc) is 2.96. The lowest BCUT2D eigenvalue weighted by molar-refractivity contribution is -0.192. The van der Waals surface area contributed by atoms with E-state index in [2.05, 4.69) is 15.3 Å². The van der Waals surface area contributed by atoms with Crippen LogP contribution in [-0.2, 0) is 20.9 Å². The van der Waals surface area contributed by atoms with Crippen molar-refractivity contribution in [3.63, 3.8) is 0 Å². The zero-order chi connectivity index (χ0) is 20.9. The van der Waals surface area contributed by atoms with Crippen LogP contribution in [0.4, 0.5) is 19.0 Å². The van der Waals surface area contributed by atoms with E-state index in [0.717, 1.165) is 16.5 Å². The van der Waals surface area contributed by atoms with Crippen LogP contribution >= 0.6 is 0 Å². The van der Waals surface area contributed by atoms with E-state index in [1.165, 1.54) is 6.33 Å². The molecule has 0 saturated carbocycles. The van der Waals surface area contributed by atoms with E-state index in [9.17, 15) is 22.8 Å². The van der Waals surface area contributed by atoms with E-state index in [-0.39, 0.29) is 5.91 Å². The second-order valence-corrected chi connectivity index (χ2v) is 5.80. The predicted molar refractivity (Wildman–Crippen MR) is 90.7 cm³/mol. The Labute approximate surface area is 156 Å². The minimum atomic E-state index is -5.08. The molecule has 1 saturated heterocycles. The first-order valence-corrected chi connectivity index (χ1v) is 7.91. The normalized spacial score (nSPS) is 16.5. The van der Waals surface area contributed by atoms with Gasteiger partial charge in [-0.05, 0) is 24.1 Å². The van der Waals surface area contributed by atoms with Gasteiger partial charge in [0.05, 0.1) is 5.52 Å². The van der Waals surface area contributed by atoms with E-state index in [4.69, 9.17) is 15.6 Å². The van der Waals surface area contributed by atoms with Gasteiger partial charge in [-0.15, -0.1) is 0 Å². The molecule has 12 heteroatoms. The molecule has 1 atom stereocenters. The second-order valence-electron chi connectivity index (χ2n) is 5.80. The third-order valence-corrected chi connectivity index (χ3v) is 3.91. The molecule has 2 amide bonds. The monoisotopic (exact) mass is 399 g/mol. The molecule has 1 aliphatic rings. The van der Waals surface area contributed by atoms with Gasteiger partial charge in [0.25, 0.3) is 0 Å². The smallest absolute Gasteiger partial charge is 0.475 e. The van der Waals surface area contributed by atoms with E-state index in [0.29, 0.717) is 31.7 Å². The Morgan fingerprint density at radius 1 is 1.39 bits per heavy atom. The Balaban J connectivity index is 0.000000345. The van der Waals surface area contributed by atoms with Gasteiger partial charge in [-0.3, -0.25) is 9.59 Å². The summed E-state index contributed by atoms with van der Waals surface area (Å²) in [5.41, 5.74) is 7.58. The summed E-state index contributed by atoms with van der Waals surface area (Å²) in [4.78, 5) is 41.3. The van der Waals surface area contributed by atoms with Crippen molar-refractivity contribution in [1.82, 2.24) is 20.2 Å². The van der Waals surface area contributed by atoms with Crippen molar-refractivity contribution in [1.29, 1.82) is 0 Å². The van der Waals surface area contributed by atoms with Gasteiger partial charge in [-0.25, -0.2) is 14.8 Å². The molecule has 0 spiro atoms. The van der Waals surface area contributed by atoms with Gasteiger partial charge in [0.1, 0.15) is 18.2 Å². The van der Waals surface area contributed by atoms with Crippen LogP contribution in [-0.4, -0.2) is 57.0 Å². The Bertz CT molecular complexity index is 890. The SMILES string of the molecule is Nc1ncnc2ccc(CN3CC[C@H](NC=O)C3=O)cc12.O=C(O)C(F)(F)F. The van der Waals surface area contributed by atoms with Crippen LogP contribution in [0.3, 0.4) is 0 Å². The number of nitrogen functional groups attached to an aromatic ring is 1. The number of rotatable bonds is 4. The van der Waals surface area contributed by atoms with Crippen LogP contribution < -0.4 is 11.1 Å². The first kappa shape index (κ1) is 20.9. The maximum Gasteiger partial charge on any atom is 0.490 e. The molecule has 150 valence electrons. The molecule has 0 radical (unpaired) electrons. The minimum absolute atomic E-state index is 0.0560. The summed E-state index contributed by atoms with van der Waals surface area (Å²) < 4.78 is 31.7. The second kappa shape index (κ2) is 8.50. The highest BCUT2D eigenvalue weighted by atomic mass is 19.4. The van der Waals surface area contributed by atoms with Crippen molar-refractivity contribution in [2.24, 2.45) is 0 Å². The third-order valence-electron chi connectivity index (χ3n) is 3.91. The van der Waals surface area contributed by atoms with Crippen LogP contribution in [0.25, 0.3) is 10.9 Å². The fourth-order valence-corrected chi connectivity index (χ4v) is 2.58. The van der Waals surface area contributed by atoms with Crippen molar-refractivity contribution >= 4 is 35.0 Å². The number of carboxylic acid groups (broad SMARTS) is 1. The highest BCUT2D eigenvalue weighted by Gasteiger charge is 2.38. The Morgan fingerprint density at radius 3 is 2.68 bits per heavy atom. The number of carbonyl (C=O) groups excluding carboxylic acids is 2. The van der Waals surface area contributed by atoms with Gasteiger partial charge in [-0.1, -0.05) is 6.07 Å². The van der Waals surface area contributed by atoms with Crippen molar-refractivity contribution in [2.45, 2.75) is 25.2 Å². The summed E-state index contributed by atoms with van der Waals surface area (Å²) in [7, 11) is 0. The summed E-state index contributed by atoms with van der Waals surface area (Å²) in [6, 6.07) is 5.28. The molecule has 1 fully saturated rings. The van der Waals surface area contributed by atoms with Crippen molar-refractivity contribution in [2.75, 3.05) is 12.3 Å². The number of fused-ring (bicyclic) bond motifs is 1. The van der Waals surface area contributed by atoms with Crippen LogP contribution in [0.1, 0.15) is 12.0 Å². The number of nitrogens with one attached hydrogen (secondary N) is 1. The number of nitrogens with zero attached hydrogens (tertiary/aromatic N) is 3. The summed E-state index contributed by atoms with van der Waals surface area (Å²) in [5, 5.41) is 10.4. The molecule has 28 heavy (non-hydrogen) atoms. The van der Waals surface area contributed by atoms with Gasteiger partial charge in [0.2, 0.25) is 12.3 Å². The zero-order valence-electron chi connectivity index (χ0n) is 14.3. The summed E-state index contributed by atoms with van der Waals surface area (Å²) in [5.74, 6) is -2.39. The highest BCUT2D eigenvalue weighted by Crippen LogP contribution is 2.21. The van der Waals surface area contributed by atoms with Gasteiger partial charge in [-0.2, -0.15) is 13.2 Å². The van der Waals surface area contributed by atoms with Gasteiger partial charge in [0.15, 0.2) is 0 Å². The quantitative estimate of drug-likeness (QED) is 0.643. The fourth-order valence-electron chi connectivity index (χ4n) is 2.58.